The van der Waals surface area contributed by atoms with Crippen LogP contribution in [0.5, 0.6) is 0 Å². The monoisotopic (exact) mass is 355 g/mol. The molecule has 0 aliphatic heterocycles. The fourth-order valence-electron chi connectivity index (χ4n) is 1.25. The molecule has 0 saturated carbocycles. The molecule has 0 aliphatic carbocycles. The van der Waals surface area contributed by atoms with Crippen molar-refractivity contribution < 1.29 is 8.81 Å². The summed E-state index contributed by atoms with van der Waals surface area (Å²) in [6, 6.07) is 3.80. The van der Waals surface area contributed by atoms with Crippen LogP contribution < -0.4 is 10.6 Å². The minimum absolute atomic E-state index is 0. The number of aliphatic imine (C=N–C) groups is 1. The molecule has 0 amide bonds. The Balaban J connectivity index is 0.00000256. The van der Waals surface area contributed by atoms with Crippen LogP contribution in [0.4, 0.5) is 4.39 Å². The molecule has 0 unspecified atom stereocenters. The van der Waals surface area contributed by atoms with E-state index in [1.807, 2.05) is 12.1 Å². The Kier molecular flexibility index (Phi) is 9.89. The molecular formula is C11H19FIN3O. The topological polar surface area (TPSA) is 49.6 Å². The number of alkyl halides is 1. The van der Waals surface area contributed by atoms with Gasteiger partial charge in [-0.2, -0.15) is 0 Å². The van der Waals surface area contributed by atoms with Gasteiger partial charge in [0.2, 0.25) is 0 Å². The highest BCUT2D eigenvalue weighted by atomic mass is 127. The van der Waals surface area contributed by atoms with Crippen LogP contribution in [0.15, 0.2) is 27.8 Å². The van der Waals surface area contributed by atoms with Crippen LogP contribution in [0, 0.1) is 0 Å². The molecule has 17 heavy (non-hydrogen) atoms. The van der Waals surface area contributed by atoms with Crippen LogP contribution >= 0.6 is 24.0 Å². The molecule has 0 saturated heterocycles. The number of rotatable bonds is 6. The molecule has 98 valence electrons. The first-order chi connectivity index (χ1) is 7.86. The molecule has 2 N–H and O–H groups in total. The van der Waals surface area contributed by atoms with Gasteiger partial charge < -0.3 is 15.1 Å². The van der Waals surface area contributed by atoms with Crippen molar-refractivity contribution in [2.45, 2.75) is 12.8 Å². The Morgan fingerprint density at radius 3 is 2.76 bits per heavy atom. The Labute approximate surface area is 118 Å². The zero-order chi connectivity index (χ0) is 11.6. The largest absolute Gasteiger partial charge is 0.469 e. The quantitative estimate of drug-likeness (QED) is 0.355. The second-order valence-corrected chi connectivity index (χ2v) is 3.30. The number of nitrogens with one attached hydrogen (secondary N) is 2. The first-order valence-corrected chi connectivity index (χ1v) is 5.39. The highest BCUT2D eigenvalue weighted by Gasteiger charge is 1.98. The molecular weight excluding hydrogens is 336 g/mol. The highest BCUT2D eigenvalue weighted by molar-refractivity contribution is 14.0. The van der Waals surface area contributed by atoms with Gasteiger partial charge in [0.15, 0.2) is 5.96 Å². The molecule has 1 rings (SSSR count). The Morgan fingerprint density at radius 2 is 2.18 bits per heavy atom. The number of halogens is 2. The van der Waals surface area contributed by atoms with E-state index in [0.29, 0.717) is 18.9 Å². The van der Waals surface area contributed by atoms with Crippen molar-refractivity contribution in [2.24, 2.45) is 4.99 Å². The lowest BCUT2D eigenvalue weighted by molar-refractivity contribution is 0.470. The Bertz CT molecular complexity index is 304. The van der Waals surface area contributed by atoms with Gasteiger partial charge >= 0.3 is 0 Å². The Hall–Kier alpha value is -0.790. The third kappa shape index (κ3) is 7.19. The van der Waals surface area contributed by atoms with Gasteiger partial charge in [0.25, 0.3) is 0 Å². The summed E-state index contributed by atoms with van der Waals surface area (Å²) in [6.45, 7) is 1.02. The van der Waals surface area contributed by atoms with Gasteiger partial charge in [-0.15, -0.1) is 24.0 Å². The second kappa shape index (κ2) is 10.4. The predicted octanol–water partition coefficient (Wildman–Crippen LogP) is 1.96. The van der Waals surface area contributed by atoms with Crippen LogP contribution in [0.1, 0.15) is 12.2 Å². The highest BCUT2D eigenvalue weighted by Crippen LogP contribution is 1.99. The summed E-state index contributed by atoms with van der Waals surface area (Å²) in [5, 5.41) is 6.14. The molecule has 0 fully saturated rings. The standard InChI is InChI=1S/C11H18FN3O.HI/c1-13-11(14-7-3-6-12)15-8-5-10-4-2-9-16-10;/h2,4,9H,3,5-8H2,1H3,(H2,13,14,15);1H. The first kappa shape index (κ1) is 16.2. The molecule has 0 bridgehead atoms. The van der Waals surface area contributed by atoms with Crippen molar-refractivity contribution in [3.63, 3.8) is 0 Å². The second-order valence-electron chi connectivity index (χ2n) is 3.30. The normalized spacial score (nSPS) is 10.8. The van der Waals surface area contributed by atoms with Crippen LogP contribution in [0.25, 0.3) is 0 Å². The average molecular weight is 355 g/mol. The van der Waals surface area contributed by atoms with Crippen LogP contribution in [0.3, 0.4) is 0 Å². The maximum absolute atomic E-state index is 11.9. The van der Waals surface area contributed by atoms with E-state index in [-0.39, 0.29) is 30.7 Å². The van der Waals surface area contributed by atoms with Gasteiger partial charge in [0, 0.05) is 26.6 Å². The van der Waals surface area contributed by atoms with Gasteiger partial charge in [-0.25, -0.2) is 0 Å². The smallest absolute Gasteiger partial charge is 0.190 e. The summed E-state index contributed by atoms with van der Waals surface area (Å²) in [5.41, 5.74) is 0. The van der Waals surface area contributed by atoms with E-state index in [9.17, 15) is 4.39 Å². The zero-order valence-corrected chi connectivity index (χ0v) is 12.2. The van der Waals surface area contributed by atoms with E-state index in [4.69, 9.17) is 4.42 Å². The summed E-state index contributed by atoms with van der Waals surface area (Å²) in [5.74, 6) is 1.63. The number of hydrogen-bond donors (Lipinski definition) is 2. The summed E-state index contributed by atoms with van der Waals surface area (Å²) in [4.78, 5) is 4.02. The lowest BCUT2D eigenvalue weighted by Crippen LogP contribution is -2.38. The van der Waals surface area contributed by atoms with Crippen LogP contribution in [-0.4, -0.2) is 32.8 Å². The van der Waals surface area contributed by atoms with Gasteiger partial charge in [0.05, 0.1) is 12.9 Å². The Morgan fingerprint density at radius 1 is 1.41 bits per heavy atom. The van der Waals surface area contributed by atoms with E-state index in [2.05, 4.69) is 15.6 Å². The van der Waals surface area contributed by atoms with Crippen LogP contribution in [0.2, 0.25) is 0 Å². The van der Waals surface area contributed by atoms with Gasteiger partial charge in [-0.3, -0.25) is 9.38 Å². The van der Waals surface area contributed by atoms with Gasteiger partial charge in [-0.1, -0.05) is 0 Å². The SMILES string of the molecule is CN=C(NCCCF)NCCc1ccco1.I. The maximum atomic E-state index is 11.9. The van der Waals surface area contributed by atoms with Crippen LogP contribution in [-0.2, 0) is 6.42 Å². The summed E-state index contributed by atoms with van der Waals surface area (Å²) >= 11 is 0. The molecule has 1 aromatic rings. The van der Waals surface area contributed by atoms with E-state index >= 15 is 0 Å². The van der Waals surface area contributed by atoms with Crippen molar-refractivity contribution in [1.82, 2.24) is 10.6 Å². The van der Waals surface area contributed by atoms with Crippen molar-refractivity contribution in [1.29, 1.82) is 0 Å². The van der Waals surface area contributed by atoms with Crippen molar-refractivity contribution in [3.05, 3.63) is 24.2 Å². The molecule has 1 heterocycles. The van der Waals surface area contributed by atoms with Crippen molar-refractivity contribution in [3.8, 4) is 0 Å². The molecule has 1 aromatic heterocycles. The molecule has 4 nitrogen and oxygen atoms in total. The lowest BCUT2D eigenvalue weighted by Gasteiger charge is -2.10. The third-order valence-corrected chi connectivity index (χ3v) is 2.07. The van der Waals surface area contributed by atoms with E-state index < -0.39 is 0 Å². The predicted molar refractivity (Wildman–Crippen MR) is 77.8 cm³/mol. The van der Waals surface area contributed by atoms with Gasteiger partial charge in [-0.05, 0) is 18.6 Å². The van der Waals surface area contributed by atoms with Crippen molar-refractivity contribution >= 4 is 29.9 Å². The third-order valence-electron chi connectivity index (χ3n) is 2.07. The minimum atomic E-state index is -0.309. The molecule has 0 aliphatic rings. The lowest BCUT2D eigenvalue weighted by atomic mass is 10.3. The first-order valence-electron chi connectivity index (χ1n) is 5.39. The zero-order valence-electron chi connectivity index (χ0n) is 9.91. The summed E-state index contributed by atoms with van der Waals surface area (Å²) < 4.78 is 17.1. The van der Waals surface area contributed by atoms with E-state index in [1.165, 1.54) is 0 Å². The molecule has 0 aromatic carbocycles. The minimum Gasteiger partial charge on any atom is -0.469 e. The molecule has 0 spiro atoms. The van der Waals surface area contributed by atoms with E-state index in [1.54, 1.807) is 13.3 Å². The van der Waals surface area contributed by atoms with Gasteiger partial charge in [0.1, 0.15) is 5.76 Å². The fourth-order valence-corrected chi connectivity index (χ4v) is 1.25. The molecule has 0 atom stereocenters. The molecule has 0 radical (unpaired) electrons. The summed E-state index contributed by atoms with van der Waals surface area (Å²) in [6.07, 6.45) is 2.96. The maximum Gasteiger partial charge on any atom is 0.190 e. The van der Waals surface area contributed by atoms with E-state index in [0.717, 1.165) is 18.7 Å². The number of furan rings is 1. The number of nitrogens with zero attached hydrogens (tertiary/aromatic N) is 1. The number of hydrogen-bond acceptors (Lipinski definition) is 2. The fraction of sp³-hybridized carbons (Fsp3) is 0.545. The van der Waals surface area contributed by atoms with Crippen molar-refractivity contribution in [2.75, 3.05) is 26.8 Å². The molecule has 6 heteroatoms. The number of guanidine groups is 1. The average Bonchev–Trinajstić information content (AvgIpc) is 2.80. The summed E-state index contributed by atoms with van der Waals surface area (Å²) in [7, 11) is 1.69.